The van der Waals surface area contributed by atoms with E-state index in [-0.39, 0.29) is 0 Å². The van der Waals surface area contributed by atoms with E-state index in [1.165, 1.54) is 25.0 Å². The molecule has 17 heavy (non-hydrogen) atoms. The number of nitrogens with zero attached hydrogens (tertiary/aromatic N) is 2. The molecule has 5 heteroatoms. The van der Waals surface area contributed by atoms with Crippen LogP contribution in [0.1, 0.15) is 50.5 Å². The summed E-state index contributed by atoms with van der Waals surface area (Å²) in [7, 11) is 0. The molecule has 1 unspecified atom stereocenters. The van der Waals surface area contributed by atoms with Crippen molar-refractivity contribution in [3.05, 3.63) is 20.2 Å². The first-order valence-corrected chi connectivity index (χ1v) is 8.45. The Hall–Kier alpha value is 0.450. The summed E-state index contributed by atoms with van der Waals surface area (Å²) in [5.74, 6) is 2.39. The number of hydrogen-bond donors (Lipinski definition) is 0. The van der Waals surface area contributed by atoms with Crippen LogP contribution in [0.2, 0.25) is 5.15 Å². The van der Waals surface area contributed by atoms with Crippen molar-refractivity contribution < 1.29 is 0 Å². The minimum absolute atomic E-state index is 0.627. The van der Waals surface area contributed by atoms with Gasteiger partial charge in [0.2, 0.25) is 0 Å². The van der Waals surface area contributed by atoms with Gasteiger partial charge in [0, 0.05) is 11.2 Å². The zero-order valence-electron chi connectivity index (χ0n) is 10.0. The lowest BCUT2D eigenvalue weighted by atomic mass is 10.3. The summed E-state index contributed by atoms with van der Waals surface area (Å²) in [5, 5.41) is 1.28. The molecule has 2 rings (SSSR count). The van der Waals surface area contributed by atoms with Gasteiger partial charge in [-0.05, 0) is 41.9 Å². The Labute approximate surface area is 125 Å². The molecule has 1 aliphatic rings. The molecular formula is C12H16ClIN2S. The van der Waals surface area contributed by atoms with Crippen molar-refractivity contribution in [3.8, 4) is 0 Å². The van der Waals surface area contributed by atoms with Crippen molar-refractivity contribution in [2.45, 2.75) is 50.0 Å². The zero-order valence-corrected chi connectivity index (χ0v) is 13.8. The van der Waals surface area contributed by atoms with Gasteiger partial charge in [0.1, 0.15) is 11.0 Å². The maximum atomic E-state index is 6.17. The molecule has 0 amide bonds. The first-order valence-electron chi connectivity index (χ1n) is 5.95. The molecule has 0 spiro atoms. The molecular weight excluding hydrogens is 367 g/mol. The molecule has 1 aromatic heterocycles. The fraction of sp³-hybridized carbons (Fsp3) is 0.667. The van der Waals surface area contributed by atoms with Crippen LogP contribution in [0.4, 0.5) is 0 Å². The summed E-state index contributed by atoms with van der Waals surface area (Å²) in [6, 6.07) is 0. The van der Waals surface area contributed by atoms with Gasteiger partial charge in [-0.1, -0.05) is 25.4 Å². The Morgan fingerprint density at radius 1 is 1.47 bits per heavy atom. The average Bonchev–Trinajstić information content (AvgIpc) is 3.14. The monoisotopic (exact) mass is 382 g/mol. The van der Waals surface area contributed by atoms with Gasteiger partial charge in [0.05, 0.1) is 15.0 Å². The van der Waals surface area contributed by atoms with Crippen LogP contribution in [0.5, 0.6) is 0 Å². The van der Waals surface area contributed by atoms with E-state index in [9.17, 15) is 0 Å². The first kappa shape index (κ1) is 13.9. The zero-order chi connectivity index (χ0) is 12.4. The summed E-state index contributed by atoms with van der Waals surface area (Å²) in [5.41, 5.74) is 1.17. The Morgan fingerprint density at radius 2 is 2.18 bits per heavy atom. The normalized spacial score (nSPS) is 17.2. The predicted octanol–water partition coefficient (Wildman–Crippen LogP) is 4.64. The van der Waals surface area contributed by atoms with Crippen LogP contribution >= 0.6 is 46.0 Å². The average molecular weight is 383 g/mol. The van der Waals surface area contributed by atoms with Crippen LogP contribution in [-0.4, -0.2) is 15.2 Å². The molecule has 1 aliphatic carbocycles. The second-order valence-corrected chi connectivity index (χ2v) is 7.30. The molecule has 0 radical (unpaired) electrons. The van der Waals surface area contributed by atoms with Gasteiger partial charge in [-0.2, -0.15) is 11.8 Å². The molecule has 0 saturated heterocycles. The summed E-state index contributed by atoms with van der Waals surface area (Å²) in [4.78, 5) is 9.05. The van der Waals surface area contributed by atoms with E-state index < -0.39 is 0 Å². The molecule has 0 bridgehead atoms. The van der Waals surface area contributed by atoms with Crippen LogP contribution in [0.15, 0.2) is 0 Å². The number of halogens is 2. The van der Waals surface area contributed by atoms with Crippen molar-refractivity contribution in [1.29, 1.82) is 0 Å². The number of thioether (sulfide) groups is 1. The molecule has 0 N–H and O–H groups in total. The van der Waals surface area contributed by atoms with Gasteiger partial charge in [-0.3, -0.25) is 0 Å². The lowest BCUT2D eigenvalue weighted by molar-refractivity contribution is 0.890. The van der Waals surface area contributed by atoms with E-state index in [0.717, 1.165) is 15.1 Å². The van der Waals surface area contributed by atoms with E-state index in [0.29, 0.717) is 16.3 Å². The van der Waals surface area contributed by atoms with Crippen molar-refractivity contribution in [1.82, 2.24) is 9.97 Å². The third kappa shape index (κ3) is 3.70. The molecule has 1 fully saturated rings. The Bertz CT molecular complexity index is 410. The summed E-state index contributed by atoms with van der Waals surface area (Å²) < 4.78 is 1.05. The highest BCUT2D eigenvalue weighted by molar-refractivity contribution is 14.1. The quantitative estimate of drug-likeness (QED) is 0.548. The topological polar surface area (TPSA) is 25.8 Å². The third-order valence-electron chi connectivity index (χ3n) is 2.92. The Balaban J connectivity index is 2.12. The van der Waals surface area contributed by atoms with Crippen LogP contribution in [0.25, 0.3) is 0 Å². The smallest absolute Gasteiger partial charge is 0.146 e. The second-order valence-electron chi connectivity index (χ2n) is 4.43. The number of hydrogen-bond acceptors (Lipinski definition) is 3. The second kappa shape index (κ2) is 6.06. The van der Waals surface area contributed by atoms with Gasteiger partial charge in [-0.25, -0.2) is 9.97 Å². The van der Waals surface area contributed by atoms with E-state index >= 15 is 0 Å². The maximum absolute atomic E-state index is 6.17. The van der Waals surface area contributed by atoms with Gasteiger partial charge in [0.15, 0.2) is 0 Å². The van der Waals surface area contributed by atoms with Crippen molar-refractivity contribution in [2.75, 3.05) is 0 Å². The Morgan fingerprint density at radius 3 is 2.76 bits per heavy atom. The standard InChI is InChI=1S/C12H16ClIN2S/c1-3-7(2)17-6-9-15-11(8-4-5-8)10(14)12(13)16-9/h7-8H,3-6H2,1-2H3. The fourth-order valence-corrected chi connectivity index (χ4v) is 3.18. The molecule has 1 aromatic rings. The molecule has 94 valence electrons. The fourth-order valence-electron chi connectivity index (χ4n) is 1.51. The molecule has 1 saturated carbocycles. The molecule has 1 atom stereocenters. The van der Waals surface area contributed by atoms with E-state index in [2.05, 4.69) is 46.4 Å². The maximum Gasteiger partial charge on any atom is 0.146 e. The van der Waals surface area contributed by atoms with Crippen LogP contribution in [-0.2, 0) is 5.75 Å². The summed E-state index contributed by atoms with van der Waals surface area (Å²) in [6.07, 6.45) is 3.68. The minimum Gasteiger partial charge on any atom is -0.236 e. The largest absolute Gasteiger partial charge is 0.236 e. The Kier molecular flexibility index (Phi) is 4.95. The lowest BCUT2D eigenvalue weighted by Crippen LogP contribution is -2.03. The lowest BCUT2D eigenvalue weighted by Gasteiger charge is -2.10. The highest BCUT2D eigenvalue weighted by Crippen LogP contribution is 2.42. The number of rotatable bonds is 5. The molecule has 2 nitrogen and oxygen atoms in total. The van der Waals surface area contributed by atoms with E-state index in [4.69, 9.17) is 11.6 Å². The van der Waals surface area contributed by atoms with Crippen molar-refractivity contribution in [3.63, 3.8) is 0 Å². The minimum atomic E-state index is 0.627. The van der Waals surface area contributed by atoms with Crippen LogP contribution in [0, 0.1) is 3.57 Å². The molecule has 0 aliphatic heterocycles. The van der Waals surface area contributed by atoms with Gasteiger partial charge >= 0.3 is 0 Å². The van der Waals surface area contributed by atoms with Gasteiger partial charge < -0.3 is 0 Å². The summed E-state index contributed by atoms with van der Waals surface area (Å²) >= 11 is 10.3. The van der Waals surface area contributed by atoms with Gasteiger partial charge in [0.25, 0.3) is 0 Å². The van der Waals surface area contributed by atoms with Crippen molar-refractivity contribution >= 4 is 46.0 Å². The molecule has 0 aromatic carbocycles. The highest BCUT2D eigenvalue weighted by Gasteiger charge is 2.29. The molecule has 1 heterocycles. The first-order chi connectivity index (χ1) is 8.11. The van der Waals surface area contributed by atoms with E-state index in [1.807, 2.05) is 11.8 Å². The van der Waals surface area contributed by atoms with Gasteiger partial charge in [-0.15, -0.1) is 0 Å². The van der Waals surface area contributed by atoms with Crippen LogP contribution in [0.3, 0.4) is 0 Å². The summed E-state index contributed by atoms with van der Waals surface area (Å²) in [6.45, 7) is 4.44. The predicted molar refractivity (Wildman–Crippen MR) is 82.8 cm³/mol. The highest BCUT2D eigenvalue weighted by atomic mass is 127. The van der Waals surface area contributed by atoms with Crippen LogP contribution < -0.4 is 0 Å². The van der Waals surface area contributed by atoms with E-state index in [1.54, 1.807) is 0 Å². The third-order valence-corrected chi connectivity index (χ3v) is 5.90. The number of aromatic nitrogens is 2. The SMILES string of the molecule is CCC(C)SCc1nc(Cl)c(I)c(C2CC2)n1. The van der Waals surface area contributed by atoms with Crippen molar-refractivity contribution in [2.24, 2.45) is 0 Å².